The standard InChI is InChI=1S/C8H11NO2/c9-4-7-3-6-1-2-10-5-8(6)11-7/h3H,1-2,4-5,9H2. The summed E-state index contributed by atoms with van der Waals surface area (Å²) in [6, 6.07) is 2.03. The van der Waals surface area contributed by atoms with Gasteiger partial charge in [-0.15, -0.1) is 0 Å². The molecule has 1 aliphatic heterocycles. The summed E-state index contributed by atoms with van der Waals surface area (Å²) in [6.07, 6.45) is 0.957. The second-order valence-electron chi connectivity index (χ2n) is 2.67. The highest BCUT2D eigenvalue weighted by Gasteiger charge is 2.14. The molecular weight excluding hydrogens is 142 g/mol. The summed E-state index contributed by atoms with van der Waals surface area (Å²) in [5.74, 6) is 1.82. The smallest absolute Gasteiger partial charge is 0.133 e. The van der Waals surface area contributed by atoms with Crippen molar-refractivity contribution in [1.29, 1.82) is 0 Å². The van der Waals surface area contributed by atoms with E-state index in [9.17, 15) is 0 Å². The number of hydrogen-bond donors (Lipinski definition) is 1. The Hall–Kier alpha value is -0.800. The van der Waals surface area contributed by atoms with Gasteiger partial charge in [0.05, 0.1) is 13.2 Å². The van der Waals surface area contributed by atoms with Gasteiger partial charge in [0.25, 0.3) is 0 Å². The van der Waals surface area contributed by atoms with Gasteiger partial charge in [-0.05, 0) is 18.1 Å². The SMILES string of the molecule is NCc1cc2c(o1)COCC2. The largest absolute Gasteiger partial charge is 0.462 e. The molecule has 0 amide bonds. The number of fused-ring (bicyclic) bond motifs is 1. The van der Waals surface area contributed by atoms with Crippen LogP contribution < -0.4 is 5.73 Å². The van der Waals surface area contributed by atoms with Crippen LogP contribution in [-0.4, -0.2) is 6.61 Å². The minimum absolute atomic E-state index is 0.479. The van der Waals surface area contributed by atoms with Gasteiger partial charge in [0.15, 0.2) is 0 Å². The van der Waals surface area contributed by atoms with Gasteiger partial charge in [0.1, 0.15) is 18.1 Å². The van der Waals surface area contributed by atoms with Crippen molar-refractivity contribution >= 4 is 0 Å². The van der Waals surface area contributed by atoms with Crippen molar-refractivity contribution < 1.29 is 9.15 Å². The van der Waals surface area contributed by atoms with E-state index in [1.165, 1.54) is 5.56 Å². The summed E-state index contributed by atoms with van der Waals surface area (Å²) in [7, 11) is 0. The van der Waals surface area contributed by atoms with Crippen LogP contribution >= 0.6 is 0 Å². The molecule has 0 radical (unpaired) electrons. The Morgan fingerprint density at radius 1 is 1.55 bits per heavy atom. The summed E-state index contributed by atoms with van der Waals surface area (Å²) in [5, 5.41) is 0. The van der Waals surface area contributed by atoms with Crippen LogP contribution in [0.1, 0.15) is 17.1 Å². The van der Waals surface area contributed by atoms with E-state index in [4.69, 9.17) is 14.9 Å². The van der Waals surface area contributed by atoms with Gasteiger partial charge in [0.2, 0.25) is 0 Å². The zero-order chi connectivity index (χ0) is 7.68. The summed E-state index contributed by atoms with van der Waals surface area (Å²) in [5.41, 5.74) is 6.69. The second kappa shape index (κ2) is 2.68. The first-order valence-electron chi connectivity index (χ1n) is 3.78. The van der Waals surface area contributed by atoms with E-state index < -0.39 is 0 Å². The Morgan fingerprint density at radius 2 is 2.45 bits per heavy atom. The second-order valence-corrected chi connectivity index (χ2v) is 2.67. The molecule has 1 aromatic rings. The van der Waals surface area contributed by atoms with Crippen LogP contribution in [0.4, 0.5) is 0 Å². The van der Waals surface area contributed by atoms with Gasteiger partial charge in [-0.1, -0.05) is 0 Å². The van der Waals surface area contributed by atoms with Gasteiger partial charge in [-0.3, -0.25) is 0 Å². The quantitative estimate of drug-likeness (QED) is 0.649. The molecule has 2 rings (SSSR count). The average molecular weight is 153 g/mol. The topological polar surface area (TPSA) is 48.4 Å². The van der Waals surface area contributed by atoms with E-state index in [2.05, 4.69) is 0 Å². The predicted molar refractivity (Wildman–Crippen MR) is 40.0 cm³/mol. The van der Waals surface area contributed by atoms with Crippen molar-refractivity contribution in [2.24, 2.45) is 5.73 Å². The molecule has 2 heterocycles. The number of nitrogens with two attached hydrogens (primary N) is 1. The molecule has 3 nitrogen and oxygen atoms in total. The van der Waals surface area contributed by atoms with E-state index in [-0.39, 0.29) is 0 Å². The van der Waals surface area contributed by atoms with Crippen molar-refractivity contribution in [1.82, 2.24) is 0 Å². The maximum absolute atomic E-state index is 5.43. The predicted octanol–water partition coefficient (Wildman–Crippen LogP) is 0.811. The Balaban J connectivity index is 2.32. The lowest BCUT2D eigenvalue weighted by Crippen LogP contribution is -2.06. The highest BCUT2D eigenvalue weighted by atomic mass is 16.5. The third kappa shape index (κ3) is 1.17. The molecule has 0 saturated carbocycles. The third-order valence-electron chi connectivity index (χ3n) is 1.90. The maximum atomic E-state index is 5.43. The van der Waals surface area contributed by atoms with Crippen LogP contribution in [0.25, 0.3) is 0 Å². The normalized spacial score (nSPS) is 16.5. The van der Waals surface area contributed by atoms with Gasteiger partial charge in [-0.2, -0.15) is 0 Å². The highest BCUT2D eigenvalue weighted by Crippen LogP contribution is 2.20. The fourth-order valence-electron chi connectivity index (χ4n) is 1.31. The summed E-state index contributed by atoms with van der Waals surface area (Å²) >= 11 is 0. The molecule has 60 valence electrons. The first-order valence-corrected chi connectivity index (χ1v) is 3.78. The van der Waals surface area contributed by atoms with Crippen LogP contribution in [0.2, 0.25) is 0 Å². The van der Waals surface area contributed by atoms with Crippen LogP contribution in [0, 0.1) is 0 Å². The lowest BCUT2D eigenvalue weighted by Gasteiger charge is -2.08. The number of rotatable bonds is 1. The molecular formula is C8H11NO2. The fraction of sp³-hybridized carbons (Fsp3) is 0.500. The van der Waals surface area contributed by atoms with E-state index in [0.29, 0.717) is 13.2 Å². The van der Waals surface area contributed by atoms with Crippen molar-refractivity contribution in [2.45, 2.75) is 19.6 Å². The zero-order valence-corrected chi connectivity index (χ0v) is 6.30. The maximum Gasteiger partial charge on any atom is 0.133 e. The number of ether oxygens (including phenoxy) is 1. The summed E-state index contributed by atoms with van der Waals surface area (Å²) in [4.78, 5) is 0. The Bertz CT molecular complexity index is 231. The molecule has 11 heavy (non-hydrogen) atoms. The Morgan fingerprint density at radius 3 is 3.18 bits per heavy atom. The first-order chi connectivity index (χ1) is 5.40. The highest BCUT2D eigenvalue weighted by molar-refractivity contribution is 5.22. The molecule has 0 fully saturated rings. The molecule has 0 bridgehead atoms. The molecule has 3 heteroatoms. The van der Waals surface area contributed by atoms with E-state index in [0.717, 1.165) is 24.5 Å². The number of hydrogen-bond acceptors (Lipinski definition) is 3. The first kappa shape index (κ1) is 6.88. The van der Waals surface area contributed by atoms with Gasteiger partial charge < -0.3 is 14.9 Å². The number of furan rings is 1. The van der Waals surface area contributed by atoms with Crippen molar-refractivity contribution in [3.8, 4) is 0 Å². The van der Waals surface area contributed by atoms with Crippen LogP contribution in [0.15, 0.2) is 10.5 Å². The lowest BCUT2D eigenvalue weighted by molar-refractivity contribution is 0.0931. The summed E-state index contributed by atoms with van der Waals surface area (Å²) in [6.45, 7) is 1.89. The molecule has 0 aliphatic carbocycles. The van der Waals surface area contributed by atoms with Crippen LogP contribution in [-0.2, 0) is 24.3 Å². The van der Waals surface area contributed by atoms with E-state index in [1.54, 1.807) is 0 Å². The molecule has 1 aromatic heterocycles. The zero-order valence-electron chi connectivity index (χ0n) is 6.30. The van der Waals surface area contributed by atoms with Gasteiger partial charge >= 0.3 is 0 Å². The van der Waals surface area contributed by atoms with Crippen LogP contribution in [0.3, 0.4) is 0 Å². The van der Waals surface area contributed by atoms with E-state index in [1.807, 2.05) is 6.07 Å². The Labute approximate surface area is 65.1 Å². The third-order valence-corrected chi connectivity index (χ3v) is 1.90. The minimum Gasteiger partial charge on any atom is -0.462 e. The molecule has 0 aromatic carbocycles. The van der Waals surface area contributed by atoms with Crippen molar-refractivity contribution in [2.75, 3.05) is 6.61 Å². The van der Waals surface area contributed by atoms with E-state index >= 15 is 0 Å². The Kier molecular flexibility index (Phi) is 1.68. The fourth-order valence-corrected chi connectivity index (χ4v) is 1.31. The molecule has 2 N–H and O–H groups in total. The van der Waals surface area contributed by atoms with Crippen molar-refractivity contribution in [3.63, 3.8) is 0 Å². The van der Waals surface area contributed by atoms with Crippen molar-refractivity contribution in [3.05, 3.63) is 23.2 Å². The molecule has 0 atom stereocenters. The molecule has 0 saturated heterocycles. The van der Waals surface area contributed by atoms with Crippen LogP contribution in [0.5, 0.6) is 0 Å². The van der Waals surface area contributed by atoms with Gasteiger partial charge in [-0.25, -0.2) is 0 Å². The summed E-state index contributed by atoms with van der Waals surface area (Å²) < 4.78 is 10.6. The molecule has 0 unspecified atom stereocenters. The lowest BCUT2D eigenvalue weighted by atomic mass is 10.1. The minimum atomic E-state index is 0.479. The monoisotopic (exact) mass is 153 g/mol. The average Bonchev–Trinajstić information content (AvgIpc) is 2.46. The molecule has 1 aliphatic rings. The molecule has 0 spiro atoms. The van der Waals surface area contributed by atoms with Gasteiger partial charge in [0, 0.05) is 0 Å².